The van der Waals surface area contributed by atoms with E-state index in [1.807, 2.05) is 30.3 Å². The van der Waals surface area contributed by atoms with Crippen molar-refractivity contribution >= 4 is 28.4 Å². The summed E-state index contributed by atoms with van der Waals surface area (Å²) in [6.45, 7) is 0. The first-order chi connectivity index (χ1) is 14.1. The number of anilines is 2. The number of para-hydroxylation sites is 1. The molecule has 0 aliphatic carbocycles. The molecule has 0 aliphatic rings. The second-order valence-corrected chi connectivity index (χ2v) is 6.22. The second kappa shape index (κ2) is 7.51. The van der Waals surface area contributed by atoms with Gasteiger partial charge < -0.3 is 25.0 Å². The Morgan fingerprint density at radius 2 is 1.76 bits per heavy atom. The van der Waals surface area contributed by atoms with Gasteiger partial charge in [-0.2, -0.15) is 0 Å². The number of hydrogen-bond donors (Lipinski definition) is 2. The summed E-state index contributed by atoms with van der Waals surface area (Å²) >= 11 is 0. The second-order valence-electron chi connectivity index (χ2n) is 6.22. The van der Waals surface area contributed by atoms with Crippen molar-refractivity contribution in [3.63, 3.8) is 0 Å². The lowest BCUT2D eigenvalue weighted by atomic mass is 10.1. The Kier molecular flexibility index (Phi) is 4.74. The molecule has 8 nitrogen and oxygen atoms in total. The first-order valence-electron chi connectivity index (χ1n) is 8.75. The fourth-order valence-electron chi connectivity index (χ4n) is 2.97. The summed E-state index contributed by atoms with van der Waals surface area (Å²) in [4.78, 5) is 17.5. The third kappa shape index (κ3) is 3.55. The van der Waals surface area contributed by atoms with E-state index in [1.54, 1.807) is 24.3 Å². The summed E-state index contributed by atoms with van der Waals surface area (Å²) < 4.78 is 15.5. The van der Waals surface area contributed by atoms with Gasteiger partial charge in [-0.05, 0) is 12.1 Å². The summed E-state index contributed by atoms with van der Waals surface area (Å²) in [5.41, 5.74) is 7.99. The maximum atomic E-state index is 13.0. The molecule has 0 saturated carbocycles. The number of carbonyl (C=O) groups excluding carboxylic acids is 1. The van der Waals surface area contributed by atoms with Crippen LogP contribution in [-0.2, 0) is 0 Å². The number of nitrogens with two attached hydrogens (primary N) is 1. The van der Waals surface area contributed by atoms with E-state index < -0.39 is 5.91 Å². The predicted octanol–water partition coefficient (Wildman–Crippen LogP) is 3.74. The first kappa shape index (κ1) is 18.3. The van der Waals surface area contributed by atoms with Crippen LogP contribution in [0.4, 0.5) is 11.6 Å². The molecule has 8 heteroatoms. The first-order valence-corrected chi connectivity index (χ1v) is 8.75. The number of nitrogen functional groups attached to an aromatic ring is 1. The van der Waals surface area contributed by atoms with Gasteiger partial charge in [0.25, 0.3) is 5.91 Å². The zero-order valence-corrected chi connectivity index (χ0v) is 15.8. The number of nitrogens with zero attached hydrogens (tertiary/aromatic N) is 2. The van der Waals surface area contributed by atoms with Crippen LogP contribution < -0.4 is 20.5 Å². The van der Waals surface area contributed by atoms with Crippen LogP contribution in [0.2, 0.25) is 0 Å². The van der Waals surface area contributed by atoms with Crippen LogP contribution in [0.25, 0.3) is 22.3 Å². The molecule has 2 aromatic carbocycles. The number of rotatable bonds is 5. The molecule has 146 valence electrons. The Morgan fingerprint density at radius 1 is 1.03 bits per heavy atom. The highest BCUT2D eigenvalue weighted by molar-refractivity contribution is 6.11. The average molecular weight is 390 g/mol. The summed E-state index contributed by atoms with van der Waals surface area (Å²) in [5.74, 6) is 0.495. The Morgan fingerprint density at radius 3 is 2.48 bits per heavy atom. The Balaban J connectivity index is 1.70. The lowest BCUT2D eigenvalue weighted by molar-refractivity contribution is 0.102. The number of aromatic nitrogens is 2. The van der Waals surface area contributed by atoms with Gasteiger partial charge in [-0.1, -0.05) is 29.4 Å². The van der Waals surface area contributed by atoms with Gasteiger partial charge in [0.1, 0.15) is 22.8 Å². The molecule has 0 bridgehead atoms. The van der Waals surface area contributed by atoms with Crippen molar-refractivity contribution in [2.24, 2.45) is 0 Å². The largest absolute Gasteiger partial charge is 0.497 e. The third-order valence-corrected chi connectivity index (χ3v) is 4.40. The molecule has 0 saturated heterocycles. The molecular weight excluding hydrogens is 372 g/mol. The quantitative estimate of drug-likeness (QED) is 0.534. The van der Waals surface area contributed by atoms with E-state index >= 15 is 0 Å². The number of ether oxygens (including phenoxy) is 2. The lowest BCUT2D eigenvalue weighted by Crippen LogP contribution is -2.14. The highest BCUT2D eigenvalue weighted by Gasteiger charge is 2.24. The molecule has 3 N–H and O–H groups in total. The van der Waals surface area contributed by atoms with Gasteiger partial charge in [-0.3, -0.25) is 4.79 Å². The van der Waals surface area contributed by atoms with Crippen LogP contribution in [0.3, 0.4) is 0 Å². The van der Waals surface area contributed by atoms with Crippen LogP contribution >= 0.6 is 0 Å². The molecule has 1 amide bonds. The van der Waals surface area contributed by atoms with Crippen LogP contribution in [0.5, 0.6) is 11.5 Å². The van der Waals surface area contributed by atoms with E-state index in [2.05, 4.69) is 15.5 Å². The van der Waals surface area contributed by atoms with Gasteiger partial charge in [0.2, 0.25) is 5.88 Å². The average Bonchev–Trinajstić information content (AvgIpc) is 3.14. The van der Waals surface area contributed by atoms with E-state index in [0.29, 0.717) is 22.9 Å². The van der Waals surface area contributed by atoms with Crippen molar-refractivity contribution in [2.45, 2.75) is 0 Å². The summed E-state index contributed by atoms with van der Waals surface area (Å²) in [6, 6.07) is 16.4. The predicted molar refractivity (Wildman–Crippen MR) is 109 cm³/mol. The highest BCUT2D eigenvalue weighted by atomic mass is 16.5. The number of benzene rings is 2. The SMILES string of the molecule is COc1cc(NC(=O)c2c(-c3ccc4ccccc4n3)noc2N)cc(OC)c1. The fraction of sp³-hybridized carbons (Fsp3) is 0.0952. The Hall–Kier alpha value is -4.07. The molecule has 0 spiro atoms. The number of fused-ring (bicyclic) bond motifs is 1. The number of methoxy groups -OCH3 is 2. The van der Waals surface area contributed by atoms with Crippen molar-refractivity contribution < 1.29 is 18.8 Å². The maximum Gasteiger partial charge on any atom is 0.263 e. The molecule has 0 aliphatic heterocycles. The third-order valence-electron chi connectivity index (χ3n) is 4.40. The van der Waals surface area contributed by atoms with Gasteiger partial charge in [0, 0.05) is 29.3 Å². The van der Waals surface area contributed by atoms with Crippen LogP contribution in [0, 0.1) is 0 Å². The molecule has 0 unspecified atom stereocenters. The van der Waals surface area contributed by atoms with E-state index in [-0.39, 0.29) is 17.1 Å². The number of carbonyl (C=O) groups is 1. The van der Waals surface area contributed by atoms with E-state index in [4.69, 9.17) is 19.7 Å². The number of amides is 1. The molecule has 4 rings (SSSR count). The molecule has 29 heavy (non-hydrogen) atoms. The molecular formula is C21H18N4O4. The highest BCUT2D eigenvalue weighted by Crippen LogP contribution is 2.30. The van der Waals surface area contributed by atoms with E-state index in [0.717, 1.165) is 10.9 Å². The molecule has 2 aromatic heterocycles. The summed E-state index contributed by atoms with van der Waals surface area (Å²) in [6.07, 6.45) is 0. The van der Waals surface area contributed by atoms with Crippen LogP contribution in [-0.4, -0.2) is 30.3 Å². The van der Waals surface area contributed by atoms with Gasteiger partial charge in [0.15, 0.2) is 0 Å². The minimum atomic E-state index is -0.482. The van der Waals surface area contributed by atoms with Gasteiger partial charge in [-0.15, -0.1) is 0 Å². The molecule has 0 atom stereocenters. The normalized spacial score (nSPS) is 10.7. The minimum Gasteiger partial charge on any atom is -0.497 e. The Labute approximate surface area is 166 Å². The maximum absolute atomic E-state index is 13.0. The summed E-state index contributed by atoms with van der Waals surface area (Å²) in [7, 11) is 3.06. The van der Waals surface area contributed by atoms with Crippen molar-refractivity contribution in [1.82, 2.24) is 10.1 Å². The Bertz CT molecular complexity index is 1180. The number of hydrogen-bond acceptors (Lipinski definition) is 7. The summed E-state index contributed by atoms with van der Waals surface area (Å²) in [5, 5.41) is 7.70. The molecule has 2 heterocycles. The van der Waals surface area contributed by atoms with Gasteiger partial charge >= 0.3 is 0 Å². The molecule has 0 radical (unpaired) electrons. The smallest absolute Gasteiger partial charge is 0.263 e. The van der Waals surface area contributed by atoms with Crippen molar-refractivity contribution in [3.8, 4) is 22.9 Å². The van der Waals surface area contributed by atoms with E-state index in [1.165, 1.54) is 14.2 Å². The monoisotopic (exact) mass is 390 g/mol. The fourth-order valence-corrected chi connectivity index (χ4v) is 2.97. The minimum absolute atomic E-state index is 0.0951. The standard InChI is InChI=1S/C21H18N4O4/c1-27-14-9-13(10-15(11-14)28-2)23-21(26)18-19(25-29-20(18)22)17-8-7-12-5-3-4-6-16(12)24-17/h3-11H,22H2,1-2H3,(H,23,26). The zero-order chi connectivity index (χ0) is 20.4. The molecule has 4 aromatic rings. The van der Waals surface area contributed by atoms with Crippen molar-refractivity contribution in [1.29, 1.82) is 0 Å². The van der Waals surface area contributed by atoms with Crippen LogP contribution in [0.1, 0.15) is 10.4 Å². The topological polar surface area (TPSA) is 112 Å². The van der Waals surface area contributed by atoms with Gasteiger partial charge in [-0.25, -0.2) is 4.98 Å². The molecule has 0 fully saturated rings. The number of pyridine rings is 1. The van der Waals surface area contributed by atoms with Gasteiger partial charge in [0.05, 0.1) is 25.4 Å². The zero-order valence-electron chi connectivity index (χ0n) is 15.8. The van der Waals surface area contributed by atoms with Crippen LogP contribution in [0.15, 0.2) is 59.1 Å². The van der Waals surface area contributed by atoms with Crippen molar-refractivity contribution in [3.05, 3.63) is 60.2 Å². The van der Waals surface area contributed by atoms with E-state index in [9.17, 15) is 4.79 Å². The number of nitrogens with one attached hydrogen (secondary N) is 1. The lowest BCUT2D eigenvalue weighted by Gasteiger charge is -2.10. The van der Waals surface area contributed by atoms with Crippen molar-refractivity contribution in [2.75, 3.05) is 25.3 Å².